The molecule has 0 spiro atoms. The number of nitrogens with zero attached hydrogens (tertiary/aromatic N) is 4. The summed E-state index contributed by atoms with van der Waals surface area (Å²) < 4.78 is 11.6. The second-order valence-corrected chi connectivity index (χ2v) is 7.25. The van der Waals surface area contributed by atoms with E-state index in [0.29, 0.717) is 11.4 Å². The van der Waals surface area contributed by atoms with E-state index in [4.69, 9.17) is 14.7 Å². The first kappa shape index (κ1) is 18.1. The fourth-order valence-corrected chi connectivity index (χ4v) is 3.92. The fourth-order valence-electron chi connectivity index (χ4n) is 3.92. The molecule has 0 aliphatic heterocycles. The van der Waals surface area contributed by atoms with Crippen molar-refractivity contribution >= 4 is 10.9 Å². The smallest absolute Gasteiger partial charge is 0.213 e. The van der Waals surface area contributed by atoms with Gasteiger partial charge in [-0.1, -0.05) is 0 Å². The molecule has 1 atom stereocenters. The fraction of sp³-hybridized carbons (Fsp3) is 0.217. The molecule has 148 valence electrons. The summed E-state index contributed by atoms with van der Waals surface area (Å²) in [6.07, 6.45) is 6.01. The van der Waals surface area contributed by atoms with Gasteiger partial charge >= 0.3 is 0 Å². The predicted molar refractivity (Wildman–Crippen MR) is 111 cm³/mol. The molecule has 3 heterocycles. The first-order valence-corrected chi connectivity index (χ1v) is 9.79. The molecule has 0 radical (unpaired) electrons. The molecule has 1 aliphatic rings. The molecule has 0 unspecified atom stereocenters. The molecule has 0 saturated heterocycles. The number of ether oxygens (including phenoxy) is 2. The highest BCUT2D eigenvalue weighted by atomic mass is 16.5. The van der Waals surface area contributed by atoms with Crippen molar-refractivity contribution in [3.05, 3.63) is 65.6 Å². The van der Waals surface area contributed by atoms with Gasteiger partial charge in [0.05, 0.1) is 23.9 Å². The van der Waals surface area contributed by atoms with Crippen molar-refractivity contribution in [3.63, 3.8) is 0 Å². The van der Waals surface area contributed by atoms with Crippen molar-refractivity contribution in [2.75, 3.05) is 7.11 Å². The van der Waals surface area contributed by atoms with Crippen molar-refractivity contribution in [1.29, 1.82) is 5.26 Å². The number of fused-ring (bicyclic) bond motifs is 2. The van der Waals surface area contributed by atoms with Gasteiger partial charge in [0.25, 0.3) is 0 Å². The number of nitriles is 1. The lowest BCUT2D eigenvalue weighted by Gasteiger charge is -2.25. The van der Waals surface area contributed by atoms with Crippen LogP contribution in [0.25, 0.3) is 22.2 Å². The highest BCUT2D eigenvalue weighted by molar-refractivity contribution is 5.93. The van der Waals surface area contributed by atoms with Gasteiger partial charge in [0.2, 0.25) is 5.88 Å². The molecule has 5 rings (SSSR count). The number of benzene rings is 1. The van der Waals surface area contributed by atoms with Gasteiger partial charge in [0, 0.05) is 29.4 Å². The van der Waals surface area contributed by atoms with E-state index < -0.39 is 0 Å². The maximum absolute atomic E-state index is 9.13. The van der Waals surface area contributed by atoms with Gasteiger partial charge in [0.15, 0.2) is 0 Å². The zero-order chi connectivity index (χ0) is 20.5. The van der Waals surface area contributed by atoms with Crippen molar-refractivity contribution in [3.8, 4) is 29.0 Å². The normalized spacial score (nSPS) is 15.4. The summed E-state index contributed by atoms with van der Waals surface area (Å²) in [6, 6.07) is 13.8. The number of aromatic amines is 1. The van der Waals surface area contributed by atoms with Gasteiger partial charge in [-0.25, -0.2) is 4.98 Å². The van der Waals surface area contributed by atoms with Crippen LogP contribution in [0.3, 0.4) is 0 Å². The zero-order valence-electron chi connectivity index (χ0n) is 16.4. The molecule has 1 aromatic carbocycles. The summed E-state index contributed by atoms with van der Waals surface area (Å²) in [6.45, 7) is 0. The minimum Gasteiger partial charge on any atom is -0.484 e. The Hall–Kier alpha value is -3.92. The Kier molecular flexibility index (Phi) is 4.52. The third-order valence-corrected chi connectivity index (χ3v) is 5.38. The largest absolute Gasteiger partial charge is 0.484 e. The quantitative estimate of drug-likeness (QED) is 0.550. The Morgan fingerprint density at radius 3 is 2.97 bits per heavy atom. The summed E-state index contributed by atoms with van der Waals surface area (Å²) in [5.74, 6) is 1.30. The molecule has 7 heteroatoms. The Bertz CT molecular complexity index is 1270. The van der Waals surface area contributed by atoms with Crippen LogP contribution >= 0.6 is 0 Å². The monoisotopic (exact) mass is 397 g/mol. The average molecular weight is 397 g/mol. The lowest BCUT2D eigenvalue weighted by molar-refractivity contribution is 0.178. The Labute approximate surface area is 173 Å². The van der Waals surface area contributed by atoms with Crippen molar-refractivity contribution in [2.45, 2.75) is 25.4 Å². The SMILES string of the molecule is COc1cc(-c2n[nH]c3ccc(O[C@@H]4CCCc5cc(C#N)cnc54)cc23)ccn1. The lowest BCUT2D eigenvalue weighted by Crippen LogP contribution is -2.17. The van der Waals surface area contributed by atoms with E-state index in [2.05, 4.69) is 26.2 Å². The topological polar surface area (TPSA) is 96.7 Å². The second kappa shape index (κ2) is 7.48. The van der Waals surface area contributed by atoms with Crippen molar-refractivity contribution < 1.29 is 9.47 Å². The first-order chi connectivity index (χ1) is 14.7. The van der Waals surface area contributed by atoms with E-state index in [9.17, 15) is 0 Å². The van der Waals surface area contributed by atoms with E-state index in [-0.39, 0.29) is 6.10 Å². The summed E-state index contributed by atoms with van der Waals surface area (Å²) in [5, 5.41) is 17.6. The molecule has 1 aliphatic carbocycles. The van der Waals surface area contributed by atoms with Crippen molar-refractivity contribution in [1.82, 2.24) is 20.2 Å². The van der Waals surface area contributed by atoms with Crippen LogP contribution in [0, 0.1) is 11.3 Å². The van der Waals surface area contributed by atoms with Crippen LogP contribution in [0.4, 0.5) is 0 Å². The number of hydrogen-bond acceptors (Lipinski definition) is 6. The van der Waals surface area contributed by atoms with Crippen LogP contribution < -0.4 is 9.47 Å². The highest BCUT2D eigenvalue weighted by Gasteiger charge is 2.24. The number of pyridine rings is 2. The minimum absolute atomic E-state index is 0.129. The lowest BCUT2D eigenvalue weighted by atomic mass is 9.93. The Morgan fingerprint density at radius 2 is 2.10 bits per heavy atom. The number of rotatable bonds is 4. The van der Waals surface area contributed by atoms with E-state index in [1.54, 1.807) is 19.5 Å². The molecular weight excluding hydrogens is 378 g/mol. The summed E-state index contributed by atoms with van der Waals surface area (Å²) in [5.41, 5.74) is 5.27. The first-order valence-electron chi connectivity index (χ1n) is 9.79. The molecule has 4 aromatic rings. The van der Waals surface area contributed by atoms with E-state index in [1.165, 1.54) is 0 Å². The molecule has 30 heavy (non-hydrogen) atoms. The van der Waals surface area contributed by atoms with Crippen LogP contribution in [0.2, 0.25) is 0 Å². The standard InChI is InChI=1S/C23H19N5O2/c1-29-21-10-16(7-8-25-21)22-18-11-17(5-6-19(18)27-28-22)30-20-4-2-3-15-9-14(12-24)13-26-23(15)20/h5-11,13,20H,2-4H2,1H3,(H,27,28)/t20-/m1/s1. The van der Waals surface area contributed by atoms with Gasteiger partial charge in [-0.15, -0.1) is 0 Å². The number of aryl methyl sites for hydroxylation is 1. The number of methoxy groups -OCH3 is 1. The second-order valence-electron chi connectivity index (χ2n) is 7.25. The minimum atomic E-state index is -0.129. The Morgan fingerprint density at radius 1 is 1.17 bits per heavy atom. The molecule has 0 bridgehead atoms. The molecule has 7 nitrogen and oxygen atoms in total. The Balaban J connectivity index is 1.49. The molecule has 0 amide bonds. The number of aromatic nitrogens is 4. The van der Waals surface area contributed by atoms with Crippen LogP contribution in [0.1, 0.15) is 35.8 Å². The maximum Gasteiger partial charge on any atom is 0.213 e. The van der Waals surface area contributed by atoms with E-state index in [0.717, 1.165) is 58.4 Å². The van der Waals surface area contributed by atoms with Gasteiger partial charge in [-0.2, -0.15) is 10.4 Å². The van der Waals surface area contributed by atoms with Crippen molar-refractivity contribution in [2.24, 2.45) is 0 Å². The number of H-pyrrole nitrogens is 1. The highest BCUT2D eigenvalue weighted by Crippen LogP contribution is 2.35. The number of nitrogens with one attached hydrogen (secondary N) is 1. The van der Waals surface area contributed by atoms with Gasteiger partial charge in [-0.05, 0) is 55.2 Å². The summed E-state index contributed by atoms with van der Waals surface area (Å²) in [7, 11) is 1.59. The van der Waals surface area contributed by atoms with Crippen LogP contribution in [0.5, 0.6) is 11.6 Å². The van der Waals surface area contributed by atoms with Gasteiger partial charge < -0.3 is 9.47 Å². The molecule has 1 N–H and O–H groups in total. The van der Waals surface area contributed by atoms with Gasteiger partial charge in [-0.3, -0.25) is 10.1 Å². The van der Waals surface area contributed by atoms with E-state index in [1.807, 2.05) is 36.4 Å². The molecular formula is C23H19N5O2. The third kappa shape index (κ3) is 3.22. The van der Waals surface area contributed by atoms with Crippen LogP contribution in [-0.2, 0) is 6.42 Å². The molecule has 3 aromatic heterocycles. The predicted octanol–water partition coefficient (Wildman–Crippen LogP) is 4.36. The van der Waals surface area contributed by atoms with E-state index >= 15 is 0 Å². The molecule has 0 saturated carbocycles. The molecule has 0 fully saturated rings. The van der Waals surface area contributed by atoms with Gasteiger partial charge in [0.1, 0.15) is 23.6 Å². The summed E-state index contributed by atoms with van der Waals surface area (Å²) >= 11 is 0. The zero-order valence-corrected chi connectivity index (χ0v) is 16.4. The summed E-state index contributed by atoms with van der Waals surface area (Å²) in [4.78, 5) is 8.68. The number of hydrogen-bond donors (Lipinski definition) is 1. The maximum atomic E-state index is 9.13. The van der Waals surface area contributed by atoms with Crippen LogP contribution in [-0.4, -0.2) is 27.3 Å². The van der Waals surface area contributed by atoms with Crippen LogP contribution in [0.15, 0.2) is 48.8 Å². The third-order valence-electron chi connectivity index (χ3n) is 5.38. The average Bonchev–Trinajstić information content (AvgIpc) is 3.22.